The van der Waals surface area contributed by atoms with E-state index in [1.807, 2.05) is 0 Å². The van der Waals surface area contributed by atoms with Crippen LogP contribution in [0.4, 0.5) is 0 Å². The van der Waals surface area contributed by atoms with Gasteiger partial charge >= 0.3 is 0 Å². The molecule has 0 spiro atoms. The lowest BCUT2D eigenvalue weighted by molar-refractivity contribution is -0.132. The number of ether oxygens (including phenoxy) is 1. The zero-order valence-corrected chi connectivity index (χ0v) is 18.6. The summed E-state index contributed by atoms with van der Waals surface area (Å²) in [7, 11) is -2.67. The standard InChI is InChI=1S/C21H27N3O4S2/c25-20(8-6-17-4-1-2-11-28-17)24-9-3-12-30(27,13-10-24)23-21(26)16-5-7-18-19(14-16)29-15-22-18/h5,7,14-15,17H,1-4,6,8-13H2. The van der Waals surface area contributed by atoms with Crippen molar-refractivity contribution in [1.29, 1.82) is 0 Å². The van der Waals surface area contributed by atoms with E-state index in [2.05, 4.69) is 9.35 Å². The van der Waals surface area contributed by atoms with Crippen molar-refractivity contribution >= 4 is 43.1 Å². The Morgan fingerprint density at radius 3 is 2.97 bits per heavy atom. The van der Waals surface area contributed by atoms with Gasteiger partial charge in [0.2, 0.25) is 5.91 Å². The van der Waals surface area contributed by atoms with Gasteiger partial charge in [-0.2, -0.15) is 4.36 Å². The fourth-order valence-corrected chi connectivity index (χ4v) is 6.55. The lowest BCUT2D eigenvalue weighted by atomic mass is 10.0. The summed E-state index contributed by atoms with van der Waals surface area (Å²) < 4.78 is 24.0. The zero-order chi connectivity index (χ0) is 21.0. The SMILES string of the molecule is O=C(N=S1(=O)CCCN(C(=O)CCC2CCCCO2)CC1)c1ccc2ncsc2c1. The zero-order valence-electron chi connectivity index (χ0n) is 17.0. The molecular weight excluding hydrogens is 422 g/mol. The van der Waals surface area contributed by atoms with Crippen LogP contribution in [0.15, 0.2) is 28.1 Å². The van der Waals surface area contributed by atoms with Gasteiger partial charge in [0.15, 0.2) is 0 Å². The van der Waals surface area contributed by atoms with Crippen LogP contribution >= 0.6 is 11.3 Å². The summed E-state index contributed by atoms with van der Waals surface area (Å²) in [6, 6.07) is 5.21. The molecule has 0 bridgehead atoms. The number of rotatable bonds is 4. The number of carbonyl (C=O) groups is 2. The van der Waals surface area contributed by atoms with E-state index < -0.39 is 15.6 Å². The van der Waals surface area contributed by atoms with Gasteiger partial charge in [0.1, 0.15) is 0 Å². The first-order valence-electron chi connectivity index (χ1n) is 10.5. The van der Waals surface area contributed by atoms with E-state index in [-0.39, 0.29) is 17.8 Å². The molecule has 0 aliphatic carbocycles. The van der Waals surface area contributed by atoms with E-state index in [1.165, 1.54) is 11.3 Å². The molecule has 2 amide bonds. The van der Waals surface area contributed by atoms with Gasteiger partial charge in [-0.3, -0.25) is 9.59 Å². The molecule has 9 heteroatoms. The van der Waals surface area contributed by atoms with E-state index in [4.69, 9.17) is 4.74 Å². The third-order valence-electron chi connectivity index (χ3n) is 5.71. The molecule has 162 valence electrons. The number of carbonyl (C=O) groups excluding carboxylic acids is 2. The predicted molar refractivity (Wildman–Crippen MR) is 118 cm³/mol. The van der Waals surface area contributed by atoms with Crippen LogP contribution in [-0.4, -0.2) is 63.2 Å². The smallest absolute Gasteiger partial charge is 0.285 e. The van der Waals surface area contributed by atoms with Gasteiger partial charge < -0.3 is 9.64 Å². The normalized spacial score (nSPS) is 25.1. The molecule has 2 saturated heterocycles. The Balaban J connectivity index is 1.37. The Morgan fingerprint density at radius 2 is 2.13 bits per heavy atom. The summed E-state index contributed by atoms with van der Waals surface area (Å²) >= 11 is 1.46. The topological polar surface area (TPSA) is 88.9 Å². The second kappa shape index (κ2) is 9.53. The van der Waals surface area contributed by atoms with Gasteiger partial charge in [-0.25, -0.2) is 9.19 Å². The van der Waals surface area contributed by atoms with E-state index >= 15 is 0 Å². The number of aromatic nitrogens is 1. The third-order valence-corrected chi connectivity index (χ3v) is 8.74. The molecule has 0 N–H and O–H groups in total. The number of benzene rings is 1. The van der Waals surface area contributed by atoms with E-state index in [9.17, 15) is 13.8 Å². The van der Waals surface area contributed by atoms with Gasteiger partial charge in [0.05, 0.1) is 31.6 Å². The molecule has 1 aromatic heterocycles. The molecule has 0 radical (unpaired) electrons. The first kappa shape index (κ1) is 21.4. The Morgan fingerprint density at radius 1 is 1.23 bits per heavy atom. The Kier molecular flexibility index (Phi) is 6.80. The maximum absolute atomic E-state index is 13.2. The van der Waals surface area contributed by atoms with Crippen molar-refractivity contribution in [2.24, 2.45) is 4.36 Å². The molecular formula is C21H27N3O4S2. The summed E-state index contributed by atoms with van der Waals surface area (Å²) in [6.07, 6.45) is 5.26. The lowest BCUT2D eigenvalue weighted by Crippen LogP contribution is -2.34. The number of hydrogen-bond donors (Lipinski definition) is 0. The minimum absolute atomic E-state index is 0.0785. The second-order valence-corrected chi connectivity index (χ2v) is 11.3. The average Bonchev–Trinajstić information content (AvgIpc) is 3.14. The van der Waals surface area contributed by atoms with Crippen LogP contribution in [-0.2, 0) is 19.3 Å². The highest BCUT2D eigenvalue weighted by molar-refractivity contribution is 7.93. The van der Waals surface area contributed by atoms with Crippen LogP contribution in [0.1, 0.15) is 48.9 Å². The van der Waals surface area contributed by atoms with E-state index in [0.29, 0.717) is 37.2 Å². The minimum atomic E-state index is -2.67. The highest BCUT2D eigenvalue weighted by Gasteiger charge is 2.24. The third kappa shape index (κ3) is 5.25. The second-order valence-electron chi connectivity index (χ2n) is 7.87. The highest BCUT2D eigenvalue weighted by Crippen LogP contribution is 2.21. The molecule has 2 aliphatic rings. The van der Waals surface area contributed by atoms with Gasteiger partial charge in [0, 0.05) is 43.2 Å². The average molecular weight is 450 g/mol. The van der Waals surface area contributed by atoms with Crippen LogP contribution in [0.2, 0.25) is 0 Å². The van der Waals surface area contributed by atoms with Crippen molar-refractivity contribution < 1.29 is 18.5 Å². The minimum Gasteiger partial charge on any atom is -0.378 e. The van der Waals surface area contributed by atoms with Crippen LogP contribution < -0.4 is 0 Å². The Hall–Kier alpha value is -1.84. The largest absolute Gasteiger partial charge is 0.378 e. The molecule has 4 rings (SSSR count). The number of thiazole rings is 1. The molecule has 2 unspecified atom stereocenters. The molecule has 2 atom stereocenters. The van der Waals surface area contributed by atoms with Crippen molar-refractivity contribution in [3.05, 3.63) is 29.3 Å². The van der Waals surface area contributed by atoms with Crippen molar-refractivity contribution in [2.75, 3.05) is 31.2 Å². The van der Waals surface area contributed by atoms with Crippen molar-refractivity contribution in [3.63, 3.8) is 0 Å². The quantitative estimate of drug-likeness (QED) is 0.713. The Labute approximate surface area is 181 Å². The molecule has 2 aliphatic heterocycles. The van der Waals surface area contributed by atoms with Gasteiger partial charge in [0.25, 0.3) is 5.91 Å². The molecule has 30 heavy (non-hydrogen) atoms. The monoisotopic (exact) mass is 449 g/mol. The highest BCUT2D eigenvalue weighted by atomic mass is 32.2. The molecule has 7 nitrogen and oxygen atoms in total. The predicted octanol–water partition coefficient (Wildman–Crippen LogP) is 3.49. The Bertz CT molecular complexity index is 1040. The lowest BCUT2D eigenvalue weighted by Gasteiger charge is -2.24. The van der Waals surface area contributed by atoms with E-state index in [1.54, 1.807) is 28.6 Å². The van der Waals surface area contributed by atoms with Crippen molar-refractivity contribution in [3.8, 4) is 0 Å². The van der Waals surface area contributed by atoms with Crippen molar-refractivity contribution in [2.45, 2.75) is 44.6 Å². The van der Waals surface area contributed by atoms with Crippen LogP contribution in [0.25, 0.3) is 10.2 Å². The van der Waals surface area contributed by atoms with E-state index in [0.717, 1.165) is 42.5 Å². The molecule has 2 aromatic rings. The number of fused-ring (bicyclic) bond motifs is 1. The summed E-state index contributed by atoms with van der Waals surface area (Å²) in [5.74, 6) is 0.212. The van der Waals surface area contributed by atoms with Gasteiger partial charge in [-0.05, 0) is 50.3 Å². The number of amides is 2. The van der Waals surface area contributed by atoms with Crippen LogP contribution in [0, 0.1) is 0 Å². The summed E-state index contributed by atoms with van der Waals surface area (Å²) in [5, 5.41) is 0. The number of nitrogens with zero attached hydrogens (tertiary/aromatic N) is 3. The van der Waals surface area contributed by atoms with Gasteiger partial charge in [-0.15, -0.1) is 11.3 Å². The van der Waals surface area contributed by atoms with Crippen LogP contribution in [0.5, 0.6) is 0 Å². The van der Waals surface area contributed by atoms with Crippen LogP contribution in [0.3, 0.4) is 0 Å². The van der Waals surface area contributed by atoms with Crippen molar-refractivity contribution in [1.82, 2.24) is 9.88 Å². The fraction of sp³-hybridized carbons (Fsp3) is 0.571. The molecule has 1 aromatic carbocycles. The summed E-state index contributed by atoms with van der Waals surface area (Å²) in [4.78, 5) is 31.2. The maximum atomic E-state index is 13.2. The maximum Gasteiger partial charge on any atom is 0.285 e. The molecule has 0 saturated carbocycles. The fourth-order valence-electron chi connectivity index (χ4n) is 3.96. The molecule has 3 heterocycles. The first-order valence-corrected chi connectivity index (χ1v) is 13.3. The number of hydrogen-bond acceptors (Lipinski definition) is 6. The first-order chi connectivity index (χ1) is 14.5. The molecule has 2 fully saturated rings. The summed E-state index contributed by atoms with van der Waals surface area (Å²) in [5.41, 5.74) is 3.00. The van der Waals surface area contributed by atoms with Gasteiger partial charge in [-0.1, -0.05) is 0 Å². The summed E-state index contributed by atoms with van der Waals surface area (Å²) in [6.45, 7) is 1.74.